The van der Waals surface area contributed by atoms with Crippen LogP contribution >= 0.6 is 0 Å². The number of fused-ring (bicyclic) bond motifs is 1. The molecular formula is C18H21N5O2. The number of carbonyl (C=O) groups excluding carboxylic acids is 1. The topological polar surface area (TPSA) is 76.5 Å². The molecule has 0 spiro atoms. The van der Waals surface area contributed by atoms with Gasteiger partial charge in [0.2, 0.25) is 5.89 Å². The maximum Gasteiger partial charge on any atom is 0.274 e. The van der Waals surface area contributed by atoms with Crippen LogP contribution in [0.1, 0.15) is 53.6 Å². The van der Waals surface area contributed by atoms with Gasteiger partial charge in [0.15, 0.2) is 5.82 Å². The molecule has 3 aromatic heterocycles. The second-order valence-electron chi connectivity index (χ2n) is 6.51. The molecule has 1 atom stereocenters. The van der Waals surface area contributed by atoms with Crippen molar-refractivity contribution < 1.29 is 9.32 Å². The Morgan fingerprint density at radius 2 is 2.24 bits per heavy atom. The predicted molar refractivity (Wildman–Crippen MR) is 91.5 cm³/mol. The quantitative estimate of drug-likeness (QED) is 0.733. The third-order valence-electron chi connectivity index (χ3n) is 4.78. The van der Waals surface area contributed by atoms with Crippen LogP contribution in [-0.2, 0) is 6.42 Å². The van der Waals surface area contributed by atoms with Gasteiger partial charge in [-0.3, -0.25) is 4.79 Å². The molecule has 3 aromatic rings. The van der Waals surface area contributed by atoms with Crippen molar-refractivity contribution in [1.29, 1.82) is 0 Å². The Balaban J connectivity index is 1.55. The molecule has 1 saturated heterocycles. The first-order valence-corrected chi connectivity index (χ1v) is 8.72. The minimum absolute atomic E-state index is 0.0352. The summed E-state index contributed by atoms with van der Waals surface area (Å²) in [7, 11) is 0. The van der Waals surface area contributed by atoms with Gasteiger partial charge in [0.1, 0.15) is 11.3 Å². The highest BCUT2D eigenvalue weighted by atomic mass is 16.5. The smallest absolute Gasteiger partial charge is 0.274 e. The van der Waals surface area contributed by atoms with E-state index in [1.54, 1.807) is 0 Å². The van der Waals surface area contributed by atoms with Crippen molar-refractivity contribution in [2.75, 3.05) is 13.1 Å². The molecule has 0 bridgehead atoms. The standard InChI is InChI=1S/C18H21N5O2/c1-3-16-20-17(21-25-16)13-7-5-9-22(10-13)18(24)14-11-23-12(2)6-4-8-15(23)19-14/h4,6,8,11,13H,3,5,7,9-10H2,1-2H3/t13-/m0/s1. The lowest BCUT2D eigenvalue weighted by molar-refractivity contribution is 0.0698. The SMILES string of the molecule is CCc1nc([C@H]2CCCN(C(=O)c3cn4c(C)cccc4n3)C2)no1. The van der Waals surface area contributed by atoms with Crippen molar-refractivity contribution in [1.82, 2.24) is 24.4 Å². The fraction of sp³-hybridized carbons (Fsp3) is 0.444. The highest BCUT2D eigenvalue weighted by molar-refractivity contribution is 5.93. The lowest BCUT2D eigenvalue weighted by atomic mass is 9.97. The van der Waals surface area contributed by atoms with Gasteiger partial charge in [0.05, 0.1) is 0 Å². The summed E-state index contributed by atoms with van der Waals surface area (Å²) in [6, 6.07) is 5.86. The highest BCUT2D eigenvalue weighted by Gasteiger charge is 2.29. The third-order valence-corrected chi connectivity index (χ3v) is 4.78. The molecule has 0 aromatic carbocycles. The third kappa shape index (κ3) is 2.90. The first-order valence-electron chi connectivity index (χ1n) is 8.72. The molecule has 130 valence electrons. The van der Waals surface area contributed by atoms with Crippen molar-refractivity contribution in [2.24, 2.45) is 0 Å². The summed E-state index contributed by atoms with van der Waals surface area (Å²) in [5.74, 6) is 1.45. The summed E-state index contributed by atoms with van der Waals surface area (Å²) in [6.45, 7) is 5.33. The van der Waals surface area contributed by atoms with Crippen molar-refractivity contribution in [3.63, 3.8) is 0 Å². The Morgan fingerprint density at radius 1 is 1.36 bits per heavy atom. The number of hydrogen-bond acceptors (Lipinski definition) is 5. The summed E-state index contributed by atoms with van der Waals surface area (Å²) in [4.78, 5) is 23.7. The fourth-order valence-corrected chi connectivity index (χ4v) is 3.36. The Morgan fingerprint density at radius 3 is 3.00 bits per heavy atom. The van der Waals surface area contributed by atoms with Gasteiger partial charge in [-0.25, -0.2) is 4.98 Å². The molecule has 0 radical (unpaired) electrons. The zero-order valence-electron chi connectivity index (χ0n) is 14.5. The Labute approximate surface area is 145 Å². The number of carbonyl (C=O) groups is 1. The van der Waals surface area contributed by atoms with Crippen LogP contribution in [0, 0.1) is 6.92 Å². The molecule has 0 saturated carbocycles. The van der Waals surface area contributed by atoms with Crippen LogP contribution in [0.15, 0.2) is 28.9 Å². The molecule has 7 nitrogen and oxygen atoms in total. The van der Waals surface area contributed by atoms with E-state index < -0.39 is 0 Å². The first kappa shape index (κ1) is 15.8. The van der Waals surface area contributed by atoms with Crippen LogP contribution in [-0.4, -0.2) is 43.4 Å². The summed E-state index contributed by atoms with van der Waals surface area (Å²) >= 11 is 0. The molecule has 1 fully saturated rings. The van der Waals surface area contributed by atoms with Crippen LogP contribution < -0.4 is 0 Å². The molecule has 0 unspecified atom stereocenters. The van der Waals surface area contributed by atoms with Crippen molar-refractivity contribution in [3.05, 3.63) is 47.5 Å². The highest BCUT2D eigenvalue weighted by Crippen LogP contribution is 2.26. The minimum Gasteiger partial charge on any atom is -0.339 e. The van der Waals surface area contributed by atoms with Gasteiger partial charge >= 0.3 is 0 Å². The molecule has 4 heterocycles. The number of nitrogens with zero attached hydrogens (tertiary/aromatic N) is 5. The molecule has 7 heteroatoms. The summed E-state index contributed by atoms with van der Waals surface area (Å²) < 4.78 is 7.17. The van der Waals surface area contributed by atoms with Crippen LogP contribution in [0.5, 0.6) is 0 Å². The largest absolute Gasteiger partial charge is 0.339 e. The zero-order valence-corrected chi connectivity index (χ0v) is 14.5. The lowest BCUT2D eigenvalue weighted by Crippen LogP contribution is -2.39. The number of piperidine rings is 1. The van der Waals surface area contributed by atoms with Gasteiger partial charge in [-0.1, -0.05) is 18.1 Å². The van der Waals surface area contributed by atoms with E-state index >= 15 is 0 Å². The average molecular weight is 339 g/mol. The number of rotatable bonds is 3. The van der Waals surface area contributed by atoms with E-state index in [9.17, 15) is 4.79 Å². The Hall–Kier alpha value is -2.70. The number of pyridine rings is 1. The monoisotopic (exact) mass is 339 g/mol. The van der Waals surface area contributed by atoms with Gasteiger partial charge in [-0.2, -0.15) is 4.98 Å². The molecular weight excluding hydrogens is 318 g/mol. The van der Waals surface area contributed by atoms with Crippen LogP contribution in [0.25, 0.3) is 5.65 Å². The van der Waals surface area contributed by atoms with E-state index in [4.69, 9.17) is 4.52 Å². The molecule has 0 N–H and O–H groups in total. The van der Waals surface area contributed by atoms with Crippen molar-refractivity contribution in [3.8, 4) is 0 Å². The van der Waals surface area contributed by atoms with E-state index in [0.29, 0.717) is 24.0 Å². The van der Waals surface area contributed by atoms with Gasteiger partial charge in [0.25, 0.3) is 5.91 Å². The Kier molecular flexibility index (Phi) is 3.99. The predicted octanol–water partition coefficient (Wildman–Crippen LogP) is 2.61. The number of amides is 1. The Bertz CT molecular complexity index is 913. The maximum absolute atomic E-state index is 12.9. The van der Waals surface area contributed by atoms with Crippen molar-refractivity contribution in [2.45, 2.75) is 39.0 Å². The molecule has 25 heavy (non-hydrogen) atoms. The maximum atomic E-state index is 12.9. The fourth-order valence-electron chi connectivity index (χ4n) is 3.36. The molecule has 1 amide bonds. The first-order chi connectivity index (χ1) is 12.2. The normalized spacial score (nSPS) is 18.0. The number of aryl methyl sites for hydroxylation is 2. The van der Waals surface area contributed by atoms with Gasteiger partial charge in [-0.05, 0) is 31.9 Å². The van der Waals surface area contributed by atoms with Crippen LogP contribution in [0.2, 0.25) is 0 Å². The number of imidazole rings is 1. The second-order valence-corrected chi connectivity index (χ2v) is 6.51. The van der Waals surface area contributed by atoms with Crippen LogP contribution in [0.4, 0.5) is 0 Å². The second kappa shape index (κ2) is 6.31. The van der Waals surface area contributed by atoms with E-state index in [0.717, 1.165) is 37.1 Å². The summed E-state index contributed by atoms with van der Waals surface area (Å²) in [6.07, 6.45) is 4.44. The summed E-state index contributed by atoms with van der Waals surface area (Å²) in [5.41, 5.74) is 2.33. The van der Waals surface area contributed by atoms with Crippen molar-refractivity contribution >= 4 is 11.6 Å². The van der Waals surface area contributed by atoms with E-state index in [-0.39, 0.29) is 11.8 Å². The average Bonchev–Trinajstić information content (AvgIpc) is 3.29. The molecule has 1 aliphatic rings. The van der Waals surface area contributed by atoms with E-state index in [1.807, 2.05) is 47.5 Å². The van der Waals surface area contributed by atoms with Gasteiger partial charge in [-0.15, -0.1) is 0 Å². The number of hydrogen-bond donors (Lipinski definition) is 0. The summed E-state index contributed by atoms with van der Waals surface area (Å²) in [5, 5.41) is 4.08. The molecule has 0 aliphatic carbocycles. The number of aromatic nitrogens is 4. The minimum atomic E-state index is -0.0352. The van der Waals surface area contributed by atoms with Crippen LogP contribution in [0.3, 0.4) is 0 Å². The van der Waals surface area contributed by atoms with Gasteiger partial charge < -0.3 is 13.8 Å². The van der Waals surface area contributed by atoms with E-state index in [2.05, 4.69) is 15.1 Å². The zero-order chi connectivity index (χ0) is 17.4. The molecule has 4 rings (SSSR count). The lowest BCUT2D eigenvalue weighted by Gasteiger charge is -2.30. The number of likely N-dealkylation sites (tertiary alicyclic amines) is 1. The molecule has 1 aliphatic heterocycles. The van der Waals surface area contributed by atoms with Gasteiger partial charge in [0, 0.05) is 37.3 Å². The van der Waals surface area contributed by atoms with E-state index in [1.165, 1.54) is 0 Å².